The maximum absolute atomic E-state index is 12.7. The second kappa shape index (κ2) is 9.54. The highest BCUT2D eigenvalue weighted by molar-refractivity contribution is 7.98. The van der Waals surface area contributed by atoms with Crippen molar-refractivity contribution in [2.45, 2.75) is 10.8 Å². The Kier molecular flexibility index (Phi) is 5.99. The molecule has 0 fully saturated rings. The predicted octanol–water partition coefficient (Wildman–Crippen LogP) is 5.69. The van der Waals surface area contributed by atoms with Crippen LogP contribution in [0, 0.1) is 0 Å². The van der Waals surface area contributed by atoms with Crippen LogP contribution in [0.4, 0.5) is 5.69 Å². The summed E-state index contributed by atoms with van der Waals surface area (Å²) < 4.78 is 5.78. The molecule has 2 aromatic heterocycles. The number of hydrogen-bond acceptors (Lipinski definition) is 6. The van der Waals surface area contributed by atoms with Gasteiger partial charge >= 0.3 is 0 Å². The predicted molar refractivity (Wildman–Crippen MR) is 129 cm³/mol. The first-order chi connectivity index (χ1) is 16.2. The van der Waals surface area contributed by atoms with E-state index in [-0.39, 0.29) is 5.91 Å². The van der Waals surface area contributed by atoms with Gasteiger partial charge in [-0.1, -0.05) is 30.3 Å². The number of carbonyl (C=O) groups excluding carboxylic acids is 1. The number of nitrogens with zero attached hydrogens (tertiary/aromatic N) is 3. The number of aromatic nitrogens is 4. The van der Waals surface area contributed by atoms with Gasteiger partial charge in [0.2, 0.25) is 0 Å². The third-order valence-corrected chi connectivity index (χ3v) is 5.94. The average Bonchev–Trinajstić information content (AvgIpc) is 3.34. The third-order valence-electron chi connectivity index (χ3n) is 4.87. The number of thioether (sulfide) groups is 1. The van der Waals surface area contributed by atoms with Crippen LogP contribution in [0.25, 0.3) is 11.0 Å². The zero-order valence-electron chi connectivity index (χ0n) is 17.4. The van der Waals surface area contributed by atoms with Gasteiger partial charge in [0.25, 0.3) is 5.91 Å². The summed E-state index contributed by atoms with van der Waals surface area (Å²) in [5, 5.41) is 11.6. The second-order valence-electron chi connectivity index (χ2n) is 7.19. The van der Waals surface area contributed by atoms with Gasteiger partial charge in [0.1, 0.15) is 22.9 Å². The number of amides is 1. The molecule has 5 aromatic rings. The van der Waals surface area contributed by atoms with E-state index in [2.05, 4.69) is 25.5 Å². The molecule has 8 heteroatoms. The molecule has 2 heterocycles. The van der Waals surface area contributed by atoms with Crippen molar-refractivity contribution in [2.75, 3.05) is 5.32 Å². The van der Waals surface area contributed by atoms with Gasteiger partial charge in [-0.2, -0.15) is 5.10 Å². The van der Waals surface area contributed by atoms with Gasteiger partial charge in [0.05, 0.1) is 11.6 Å². The number of para-hydroxylation sites is 1. The van der Waals surface area contributed by atoms with Gasteiger partial charge in [-0.3, -0.25) is 9.89 Å². The molecule has 162 valence electrons. The standard InChI is InChI=1S/C25H19N5O2S/c31-24(18-9-11-21(12-10-18)32-20-7-2-1-3-8-20)29-19-6-4-5-17(13-19)15-33-25-22-14-28-30-23(22)26-16-27-25/h1-14,16H,15H2,(H,29,31)(H,26,27,28,30). The maximum atomic E-state index is 12.7. The summed E-state index contributed by atoms with van der Waals surface area (Å²) in [5.41, 5.74) is 3.07. The fourth-order valence-electron chi connectivity index (χ4n) is 3.25. The fraction of sp³-hybridized carbons (Fsp3) is 0.0400. The number of nitrogens with one attached hydrogen (secondary N) is 2. The van der Waals surface area contributed by atoms with E-state index in [9.17, 15) is 4.79 Å². The molecule has 0 aliphatic heterocycles. The highest BCUT2D eigenvalue weighted by atomic mass is 32.2. The van der Waals surface area contributed by atoms with E-state index in [4.69, 9.17) is 4.74 Å². The Labute approximate surface area is 194 Å². The summed E-state index contributed by atoms with van der Waals surface area (Å²) in [5.74, 6) is 1.95. The molecule has 3 aromatic carbocycles. The first kappa shape index (κ1) is 20.7. The van der Waals surface area contributed by atoms with E-state index in [1.54, 1.807) is 42.2 Å². The molecule has 0 unspecified atom stereocenters. The Morgan fingerprint density at radius 2 is 1.76 bits per heavy atom. The van der Waals surface area contributed by atoms with E-state index in [0.29, 0.717) is 22.7 Å². The summed E-state index contributed by atoms with van der Waals surface area (Å²) in [6, 6.07) is 24.4. The largest absolute Gasteiger partial charge is 0.457 e. The van der Waals surface area contributed by atoms with Gasteiger partial charge in [-0.05, 0) is 54.1 Å². The van der Waals surface area contributed by atoms with Gasteiger partial charge in [0, 0.05) is 17.0 Å². The lowest BCUT2D eigenvalue weighted by atomic mass is 10.2. The summed E-state index contributed by atoms with van der Waals surface area (Å²) >= 11 is 1.60. The number of benzene rings is 3. The Bertz CT molecular complexity index is 1390. The molecule has 5 rings (SSSR count). The monoisotopic (exact) mass is 453 g/mol. The van der Waals surface area contributed by atoms with Crippen molar-refractivity contribution in [3.63, 3.8) is 0 Å². The zero-order valence-corrected chi connectivity index (χ0v) is 18.3. The van der Waals surface area contributed by atoms with Crippen molar-refractivity contribution in [3.8, 4) is 11.5 Å². The summed E-state index contributed by atoms with van der Waals surface area (Å²) in [6.07, 6.45) is 3.25. The number of rotatable bonds is 7. The van der Waals surface area contributed by atoms with Crippen LogP contribution in [0.15, 0.2) is 96.4 Å². The second-order valence-corrected chi connectivity index (χ2v) is 8.16. The molecule has 0 atom stereocenters. The minimum absolute atomic E-state index is 0.179. The lowest BCUT2D eigenvalue weighted by molar-refractivity contribution is 0.102. The first-order valence-corrected chi connectivity index (χ1v) is 11.2. The molecule has 7 nitrogen and oxygen atoms in total. The van der Waals surface area contributed by atoms with E-state index < -0.39 is 0 Å². The number of anilines is 1. The highest BCUT2D eigenvalue weighted by Crippen LogP contribution is 2.27. The third kappa shape index (κ3) is 5.02. The van der Waals surface area contributed by atoms with E-state index in [1.807, 2.05) is 54.6 Å². The first-order valence-electron chi connectivity index (χ1n) is 10.2. The number of hydrogen-bond donors (Lipinski definition) is 2. The van der Waals surface area contributed by atoms with Gasteiger partial charge in [0.15, 0.2) is 5.65 Å². The molecule has 0 saturated heterocycles. The lowest BCUT2D eigenvalue weighted by Gasteiger charge is -2.09. The zero-order chi connectivity index (χ0) is 22.5. The van der Waals surface area contributed by atoms with Gasteiger partial charge < -0.3 is 10.1 Å². The number of carbonyl (C=O) groups is 1. The molecule has 0 bridgehead atoms. The smallest absolute Gasteiger partial charge is 0.255 e. The van der Waals surface area contributed by atoms with Crippen molar-refractivity contribution in [2.24, 2.45) is 0 Å². The fourth-order valence-corrected chi connectivity index (χ4v) is 4.16. The van der Waals surface area contributed by atoms with Crippen LogP contribution >= 0.6 is 11.8 Å². The molecule has 0 radical (unpaired) electrons. The van der Waals surface area contributed by atoms with Crippen molar-refractivity contribution >= 4 is 34.4 Å². The quantitative estimate of drug-likeness (QED) is 0.243. The van der Waals surface area contributed by atoms with E-state index in [1.165, 1.54) is 6.33 Å². The molecule has 0 saturated carbocycles. The summed E-state index contributed by atoms with van der Waals surface area (Å²) in [4.78, 5) is 21.2. The van der Waals surface area contributed by atoms with Crippen LogP contribution in [-0.4, -0.2) is 26.1 Å². The number of ether oxygens (including phenoxy) is 1. The Balaban J connectivity index is 1.22. The van der Waals surface area contributed by atoms with Crippen LogP contribution in [-0.2, 0) is 5.75 Å². The molecule has 0 aliphatic carbocycles. The van der Waals surface area contributed by atoms with E-state index >= 15 is 0 Å². The van der Waals surface area contributed by atoms with Crippen molar-refractivity contribution < 1.29 is 9.53 Å². The molecular formula is C25H19N5O2S. The van der Waals surface area contributed by atoms with Crippen molar-refractivity contribution in [3.05, 3.63) is 103 Å². The minimum atomic E-state index is -0.179. The molecular weight excluding hydrogens is 434 g/mol. The highest BCUT2D eigenvalue weighted by Gasteiger charge is 2.09. The number of aromatic amines is 1. The SMILES string of the molecule is O=C(Nc1cccc(CSc2ncnc3[nH]ncc23)c1)c1ccc(Oc2ccccc2)cc1. The number of fused-ring (bicyclic) bond motifs is 1. The summed E-state index contributed by atoms with van der Waals surface area (Å²) in [7, 11) is 0. The average molecular weight is 454 g/mol. The van der Waals surface area contributed by atoms with Gasteiger partial charge in [-0.25, -0.2) is 9.97 Å². The molecule has 1 amide bonds. The maximum Gasteiger partial charge on any atom is 0.255 e. The van der Waals surface area contributed by atoms with Crippen molar-refractivity contribution in [1.29, 1.82) is 0 Å². The Morgan fingerprint density at radius 3 is 2.61 bits per heavy atom. The molecule has 33 heavy (non-hydrogen) atoms. The number of H-pyrrole nitrogens is 1. The molecule has 0 spiro atoms. The van der Waals surface area contributed by atoms with Crippen molar-refractivity contribution in [1.82, 2.24) is 20.2 Å². The topological polar surface area (TPSA) is 92.8 Å². The van der Waals surface area contributed by atoms with Gasteiger partial charge in [-0.15, -0.1) is 11.8 Å². The van der Waals surface area contributed by atoms with E-state index in [0.717, 1.165) is 27.4 Å². The van der Waals surface area contributed by atoms with Crippen LogP contribution in [0.5, 0.6) is 11.5 Å². The van der Waals surface area contributed by atoms with Crippen LogP contribution in [0.2, 0.25) is 0 Å². The minimum Gasteiger partial charge on any atom is -0.457 e. The Morgan fingerprint density at radius 1 is 0.939 bits per heavy atom. The summed E-state index contributed by atoms with van der Waals surface area (Å²) in [6.45, 7) is 0. The molecule has 0 aliphatic rings. The van der Waals surface area contributed by atoms with Crippen LogP contribution in [0.1, 0.15) is 15.9 Å². The molecule has 2 N–H and O–H groups in total. The van der Waals surface area contributed by atoms with Crippen LogP contribution in [0.3, 0.4) is 0 Å². The van der Waals surface area contributed by atoms with Crippen LogP contribution < -0.4 is 10.1 Å². The Hall–Kier alpha value is -4.17. The normalized spacial score (nSPS) is 10.8. The lowest BCUT2D eigenvalue weighted by Crippen LogP contribution is -2.11.